The Morgan fingerprint density at radius 3 is 1.74 bits per heavy atom. The van der Waals surface area contributed by atoms with Crippen molar-refractivity contribution in [2.45, 2.75) is 50.5 Å². The summed E-state index contributed by atoms with van der Waals surface area (Å²) in [6.07, 6.45) is -3.15. The molecule has 3 aromatic carbocycles. The molecule has 0 unspecified atom stereocenters. The lowest BCUT2D eigenvalue weighted by Crippen LogP contribution is -2.66. The van der Waals surface area contributed by atoms with Crippen molar-refractivity contribution in [1.82, 2.24) is 5.32 Å². The number of hydrogen-bond donors (Lipinski definition) is 1. The number of alkyl carbamates (subject to hydrolysis) is 1. The number of hydrogen-bond acceptors (Lipinski definition) is 7. The predicted molar refractivity (Wildman–Crippen MR) is 141 cm³/mol. The molecule has 0 aromatic heterocycles. The Bertz CT molecular complexity index is 1080. The van der Waals surface area contributed by atoms with Crippen LogP contribution in [0.1, 0.15) is 16.7 Å². The minimum Gasteiger partial charge on any atom is -0.453 e. The molecular weight excluding hydrogens is 486 g/mol. The monoisotopic (exact) mass is 521 g/mol. The van der Waals surface area contributed by atoms with Crippen LogP contribution in [0, 0.1) is 0 Å². The van der Waals surface area contributed by atoms with Gasteiger partial charge in [-0.1, -0.05) is 91.0 Å². The van der Waals surface area contributed by atoms with Crippen LogP contribution in [0.4, 0.5) is 4.79 Å². The van der Waals surface area contributed by atoms with E-state index in [1.165, 1.54) is 14.2 Å². The lowest BCUT2D eigenvalue weighted by Gasteiger charge is -2.45. The fourth-order valence-electron chi connectivity index (χ4n) is 4.39. The number of ether oxygens (including phenoxy) is 6. The Morgan fingerprint density at radius 1 is 0.737 bits per heavy atom. The number of nitrogens with one attached hydrogen (secondary N) is 1. The SMILES string of the molecule is COC(=O)N[C@H]1[C@H](OC)O[C@H](COCc2ccccc2)[C@H](OCc2ccccc2)[C@@H]1OCc1ccccc1. The third-order valence-corrected chi connectivity index (χ3v) is 6.31. The first kappa shape index (κ1) is 27.8. The van der Waals surface area contributed by atoms with Crippen LogP contribution in [-0.2, 0) is 48.2 Å². The molecule has 3 aromatic rings. The van der Waals surface area contributed by atoms with Crippen LogP contribution in [-0.4, -0.2) is 57.6 Å². The summed E-state index contributed by atoms with van der Waals surface area (Å²) in [6.45, 7) is 1.30. The maximum atomic E-state index is 12.3. The fraction of sp³-hybridized carbons (Fsp3) is 0.367. The fourth-order valence-corrected chi connectivity index (χ4v) is 4.39. The normalized spacial score (nSPS) is 23.1. The van der Waals surface area contributed by atoms with Crippen LogP contribution in [0.2, 0.25) is 0 Å². The van der Waals surface area contributed by atoms with Gasteiger partial charge in [-0.15, -0.1) is 0 Å². The molecule has 1 aliphatic rings. The number of rotatable bonds is 12. The van der Waals surface area contributed by atoms with Gasteiger partial charge in [-0.3, -0.25) is 0 Å². The Kier molecular flexibility index (Phi) is 10.7. The van der Waals surface area contributed by atoms with Gasteiger partial charge in [0.05, 0.1) is 33.5 Å². The predicted octanol–water partition coefficient (Wildman–Crippen LogP) is 4.47. The smallest absolute Gasteiger partial charge is 0.407 e. The molecule has 0 aliphatic carbocycles. The molecule has 202 valence electrons. The van der Waals surface area contributed by atoms with Crippen molar-refractivity contribution in [3.8, 4) is 0 Å². The largest absolute Gasteiger partial charge is 0.453 e. The minimum atomic E-state index is -0.809. The second kappa shape index (κ2) is 14.6. The van der Waals surface area contributed by atoms with E-state index in [1.807, 2.05) is 91.0 Å². The second-order valence-electron chi connectivity index (χ2n) is 8.96. The Balaban J connectivity index is 1.57. The lowest BCUT2D eigenvalue weighted by atomic mass is 9.96. The molecule has 8 nitrogen and oxygen atoms in total. The van der Waals surface area contributed by atoms with Crippen molar-refractivity contribution in [3.05, 3.63) is 108 Å². The maximum absolute atomic E-state index is 12.3. The van der Waals surface area contributed by atoms with E-state index in [0.29, 0.717) is 19.8 Å². The van der Waals surface area contributed by atoms with Crippen LogP contribution in [0.15, 0.2) is 91.0 Å². The molecule has 1 heterocycles. The van der Waals surface area contributed by atoms with Gasteiger partial charge in [-0.05, 0) is 16.7 Å². The molecule has 1 saturated heterocycles. The van der Waals surface area contributed by atoms with Crippen molar-refractivity contribution in [2.75, 3.05) is 20.8 Å². The molecule has 1 N–H and O–H groups in total. The highest BCUT2D eigenvalue weighted by Crippen LogP contribution is 2.29. The highest BCUT2D eigenvalue weighted by molar-refractivity contribution is 5.67. The quantitative estimate of drug-likeness (QED) is 0.377. The zero-order valence-corrected chi connectivity index (χ0v) is 21.7. The van der Waals surface area contributed by atoms with Gasteiger partial charge < -0.3 is 33.7 Å². The average Bonchev–Trinajstić information content (AvgIpc) is 2.97. The molecule has 0 saturated carbocycles. The van der Waals surface area contributed by atoms with Gasteiger partial charge in [0.2, 0.25) is 0 Å². The van der Waals surface area contributed by atoms with Gasteiger partial charge in [0.15, 0.2) is 6.29 Å². The van der Waals surface area contributed by atoms with E-state index < -0.39 is 36.7 Å². The van der Waals surface area contributed by atoms with Gasteiger partial charge in [0.1, 0.15) is 24.4 Å². The first-order chi connectivity index (χ1) is 18.7. The number of carbonyl (C=O) groups is 1. The number of amides is 1. The molecule has 1 fully saturated rings. The average molecular weight is 522 g/mol. The lowest BCUT2D eigenvalue weighted by molar-refractivity contribution is -0.284. The van der Waals surface area contributed by atoms with Crippen LogP contribution in [0.5, 0.6) is 0 Å². The van der Waals surface area contributed by atoms with Gasteiger partial charge in [0.25, 0.3) is 0 Å². The third-order valence-electron chi connectivity index (χ3n) is 6.31. The molecule has 0 radical (unpaired) electrons. The Morgan fingerprint density at radius 2 is 1.24 bits per heavy atom. The van der Waals surface area contributed by atoms with Crippen LogP contribution >= 0.6 is 0 Å². The van der Waals surface area contributed by atoms with Crippen LogP contribution in [0.3, 0.4) is 0 Å². The molecule has 5 atom stereocenters. The molecule has 0 spiro atoms. The maximum Gasteiger partial charge on any atom is 0.407 e. The minimum absolute atomic E-state index is 0.240. The van der Waals surface area contributed by atoms with E-state index in [9.17, 15) is 4.79 Å². The topological polar surface area (TPSA) is 84.5 Å². The van der Waals surface area contributed by atoms with Gasteiger partial charge in [-0.2, -0.15) is 0 Å². The Labute approximate surface area is 223 Å². The van der Waals surface area contributed by atoms with Crippen LogP contribution in [0.25, 0.3) is 0 Å². The van der Waals surface area contributed by atoms with Gasteiger partial charge >= 0.3 is 6.09 Å². The van der Waals surface area contributed by atoms with E-state index in [0.717, 1.165) is 16.7 Å². The highest BCUT2D eigenvalue weighted by Gasteiger charge is 2.48. The molecule has 8 heteroatoms. The standard InChI is InChI=1S/C30H35NO7/c1-33-29-26(31-30(32)34-2)28(37-20-24-16-10-5-11-17-24)27(36-19-23-14-8-4-9-15-23)25(38-29)21-35-18-22-12-6-3-7-13-22/h3-17,25-29H,18-21H2,1-2H3,(H,31,32)/t25-,26-,27+,28-,29-/m1/s1. The van der Waals surface area contributed by atoms with Gasteiger partial charge in [-0.25, -0.2) is 4.79 Å². The van der Waals surface area contributed by atoms with Crippen molar-refractivity contribution < 1.29 is 33.2 Å². The molecule has 0 bridgehead atoms. The van der Waals surface area contributed by atoms with E-state index in [4.69, 9.17) is 28.4 Å². The van der Waals surface area contributed by atoms with E-state index >= 15 is 0 Å². The zero-order valence-electron chi connectivity index (χ0n) is 21.7. The van der Waals surface area contributed by atoms with E-state index in [-0.39, 0.29) is 6.61 Å². The summed E-state index contributed by atoms with van der Waals surface area (Å²) in [5, 5.41) is 2.83. The van der Waals surface area contributed by atoms with Crippen LogP contribution < -0.4 is 5.32 Å². The summed E-state index contributed by atoms with van der Waals surface area (Å²) in [5.41, 5.74) is 3.04. The molecule has 38 heavy (non-hydrogen) atoms. The summed E-state index contributed by atoms with van der Waals surface area (Å²) in [6, 6.07) is 28.9. The first-order valence-corrected chi connectivity index (χ1v) is 12.6. The summed E-state index contributed by atoms with van der Waals surface area (Å²) in [7, 11) is 2.84. The third kappa shape index (κ3) is 7.86. The summed E-state index contributed by atoms with van der Waals surface area (Å²) < 4.78 is 35.8. The van der Waals surface area contributed by atoms with E-state index in [2.05, 4.69) is 5.32 Å². The number of benzene rings is 3. The molecule has 4 rings (SSSR count). The van der Waals surface area contributed by atoms with Crippen molar-refractivity contribution in [3.63, 3.8) is 0 Å². The van der Waals surface area contributed by atoms with Gasteiger partial charge in [0, 0.05) is 7.11 Å². The van der Waals surface area contributed by atoms with Crippen molar-refractivity contribution in [1.29, 1.82) is 0 Å². The second-order valence-corrected chi connectivity index (χ2v) is 8.96. The molecule has 1 aliphatic heterocycles. The molecule has 1 amide bonds. The number of methoxy groups -OCH3 is 2. The summed E-state index contributed by atoms with van der Waals surface area (Å²) >= 11 is 0. The van der Waals surface area contributed by atoms with Crippen molar-refractivity contribution >= 4 is 6.09 Å². The summed E-state index contributed by atoms with van der Waals surface area (Å²) in [4.78, 5) is 12.3. The zero-order chi connectivity index (χ0) is 26.6. The summed E-state index contributed by atoms with van der Waals surface area (Å²) in [5.74, 6) is 0. The molecular formula is C30H35NO7. The first-order valence-electron chi connectivity index (χ1n) is 12.6. The number of carbonyl (C=O) groups excluding carboxylic acids is 1. The highest BCUT2D eigenvalue weighted by atomic mass is 16.7. The van der Waals surface area contributed by atoms with Crippen molar-refractivity contribution in [2.24, 2.45) is 0 Å². The van der Waals surface area contributed by atoms with E-state index in [1.54, 1.807) is 0 Å². The Hall–Kier alpha value is -3.27.